The van der Waals surface area contributed by atoms with Crippen LogP contribution in [0, 0.1) is 0 Å². The molecule has 0 saturated carbocycles. The zero-order chi connectivity index (χ0) is 18.5. The van der Waals surface area contributed by atoms with Gasteiger partial charge in [0.05, 0.1) is 38.6 Å². The third-order valence-electron chi connectivity index (χ3n) is 3.93. The van der Waals surface area contributed by atoms with E-state index in [1.54, 1.807) is 48.8 Å². The first-order valence-electron chi connectivity index (χ1n) is 8.06. The number of nitrogens with zero attached hydrogens (tertiary/aromatic N) is 4. The fourth-order valence-corrected chi connectivity index (χ4v) is 2.82. The molecule has 0 bridgehead atoms. The molecular weight excluding hydrogens is 375 g/mol. The van der Waals surface area contributed by atoms with Gasteiger partial charge in [-0.2, -0.15) is 10.2 Å². The molecule has 1 saturated heterocycles. The van der Waals surface area contributed by atoms with Crippen LogP contribution in [0.2, 0.25) is 10.0 Å². The second kappa shape index (κ2) is 8.29. The number of phenols is 2. The molecule has 0 unspecified atom stereocenters. The third-order valence-corrected chi connectivity index (χ3v) is 4.40. The molecule has 6 nitrogen and oxygen atoms in total. The largest absolute Gasteiger partial charge is 0.507 e. The van der Waals surface area contributed by atoms with Crippen LogP contribution in [0.4, 0.5) is 0 Å². The van der Waals surface area contributed by atoms with Crippen molar-refractivity contribution in [1.82, 2.24) is 10.0 Å². The van der Waals surface area contributed by atoms with E-state index in [1.807, 2.05) is 10.0 Å². The Morgan fingerprint density at radius 1 is 0.731 bits per heavy atom. The second-order valence-electron chi connectivity index (χ2n) is 5.80. The minimum Gasteiger partial charge on any atom is -0.507 e. The van der Waals surface area contributed by atoms with Gasteiger partial charge in [-0.25, -0.2) is 0 Å². The van der Waals surface area contributed by atoms with Crippen LogP contribution in [-0.4, -0.2) is 58.8 Å². The summed E-state index contributed by atoms with van der Waals surface area (Å²) in [4.78, 5) is 0. The van der Waals surface area contributed by atoms with Gasteiger partial charge in [-0.05, 0) is 36.4 Å². The molecule has 1 fully saturated rings. The summed E-state index contributed by atoms with van der Waals surface area (Å²) >= 11 is 11.9. The predicted molar refractivity (Wildman–Crippen MR) is 105 cm³/mol. The zero-order valence-electron chi connectivity index (χ0n) is 13.9. The topological polar surface area (TPSA) is 71.7 Å². The normalized spacial score (nSPS) is 15.3. The zero-order valence-corrected chi connectivity index (χ0v) is 15.4. The fraction of sp³-hybridized carbons (Fsp3) is 0.222. The van der Waals surface area contributed by atoms with Gasteiger partial charge in [0.25, 0.3) is 0 Å². The number of rotatable bonds is 4. The fourth-order valence-electron chi connectivity index (χ4n) is 2.46. The van der Waals surface area contributed by atoms with Gasteiger partial charge in [-0.1, -0.05) is 23.2 Å². The van der Waals surface area contributed by atoms with Gasteiger partial charge < -0.3 is 10.2 Å². The van der Waals surface area contributed by atoms with E-state index in [1.165, 1.54) is 0 Å². The van der Waals surface area contributed by atoms with Crippen molar-refractivity contribution in [2.24, 2.45) is 10.2 Å². The Morgan fingerprint density at radius 3 is 1.50 bits per heavy atom. The van der Waals surface area contributed by atoms with Gasteiger partial charge in [0.2, 0.25) is 0 Å². The van der Waals surface area contributed by atoms with E-state index in [0.29, 0.717) is 47.4 Å². The Morgan fingerprint density at radius 2 is 1.12 bits per heavy atom. The molecule has 1 heterocycles. The lowest BCUT2D eigenvalue weighted by Crippen LogP contribution is -2.41. The summed E-state index contributed by atoms with van der Waals surface area (Å²) < 4.78 is 0. The van der Waals surface area contributed by atoms with Crippen molar-refractivity contribution in [1.29, 1.82) is 0 Å². The van der Waals surface area contributed by atoms with Crippen LogP contribution in [-0.2, 0) is 0 Å². The number of piperazine rings is 1. The number of halogens is 2. The molecule has 1 aliphatic heterocycles. The number of hydrazone groups is 2. The van der Waals surface area contributed by atoms with E-state index in [4.69, 9.17) is 23.2 Å². The quantitative estimate of drug-likeness (QED) is 0.782. The first-order chi connectivity index (χ1) is 12.5. The average Bonchev–Trinajstić information content (AvgIpc) is 2.64. The van der Waals surface area contributed by atoms with E-state index in [0.717, 1.165) is 0 Å². The standard InChI is InChI=1S/C18H18Cl2N4O2/c19-15-1-3-17(25)13(9-15)11-21-23-5-7-24(8-6-23)22-12-14-10-16(20)2-4-18(14)26/h1-4,9-12,25-26H,5-8H2/b21-11+,22-12+. The van der Waals surface area contributed by atoms with Crippen molar-refractivity contribution in [2.75, 3.05) is 26.2 Å². The van der Waals surface area contributed by atoms with E-state index in [-0.39, 0.29) is 11.5 Å². The van der Waals surface area contributed by atoms with E-state index in [2.05, 4.69) is 10.2 Å². The lowest BCUT2D eigenvalue weighted by Gasteiger charge is -2.31. The van der Waals surface area contributed by atoms with Crippen LogP contribution in [0.5, 0.6) is 11.5 Å². The second-order valence-corrected chi connectivity index (χ2v) is 6.68. The SMILES string of the molecule is Oc1ccc(Cl)cc1/C=N/N1CCN(/N=C/c2cc(Cl)ccc2O)CC1. The molecule has 0 aliphatic carbocycles. The van der Waals surface area contributed by atoms with Crippen LogP contribution in [0.15, 0.2) is 46.6 Å². The van der Waals surface area contributed by atoms with Gasteiger partial charge in [0.1, 0.15) is 11.5 Å². The van der Waals surface area contributed by atoms with Gasteiger partial charge in [0, 0.05) is 21.2 Å². The van der Waals surface area contributed by atoms with Crippen molar-refractivity contribution in [3.8, 4) is 11.5 Å². The molecule has 0 atom stereocenters. The smallest absolute Gasteiger partial charge is 0.124 e. The number of phenolic OH excluding ortho intramolecular Hbond substituents is 2. The Hall–Kier alpha value is -2.44. The molecule has 8 heteroatoms. The molecule has 0 spiro atoms. The van der Waals surface area contributed by atoms with Crippen molar-refractivity contribution in [2.45, 2.75) is 0 Å². The van der Waals surface area contributed by atoms with Gasteiger partial charge in [-0.15, -0.1) is 0 Å². The van der Waals surface area contributed by atoms with Crippen LogP contribution in [0.25, 0.3) is 0 Å². The van der Waals surface area contributed by atoms with Crippen molar-refractivity contribution in [3.63, 3.8) is 0 Å². The molecule has 1 aliphatic rings. The minimum atomic E-state index is 0.141. The van der Waals surface area contributed by atoms with Crippen LogP contribution in [0.3, 0.4) is 0 Å². The average molecular weight is 393 g/mol. The molecule has 3 rings (SSSR count). The summed E-state index contributed by atoms with van der Waals surface area (Å²) in [5.41, 5.74) is 1.16. The predicted octanol–water partition coefficient (Wildman–Crippen LogP) is 3.39. The van der Waals surface area contributed by atoms with Gasteiger partial charge >= 0.3 is 0 Å². The maximum Gasteiger partial charge on any atom is 0.124 e. The number of benzene rings is 2. The molecule has 2 aromatic carbocycles. The highest BCUT2D eigenvalue weighted by Gasteiger charge is 2.13. The Balaban J connectivity index is 1.56. The van der Waals surface area contributed by atoms with Crippen LogP contribution < -0.4 is 0 Å². The first-order valence-corrected chi connectivity index (χ1v) is 8.82. The lowest BCUT2D eigenvalue weighted by atomic mass is 10.2. The van der Waals surface area contributed by atoms with E-state index in [9.17, 15) is 10.2 Å². The summed E-state index contributed by atoms with van der Waals surface area (Å²) in [5.74, 6) is 0.283. The lowest BCUT2D eigenvalue weighted by molar-refractivity contribution is 0.141. The Labute approximate surface area is 161 Å². The highest BCUT2D eigenvalue weighted by atomic mass is 35.5. The van der Waals surface area contributed by atoms with Gasteiger partial charge in [-0.3, -0.25) is 10.0 Å². The van der Waals surface area contributed by atoms with Crippen molar-refractivity contribution < 1.29 is 10.2 Å². The molecule has 0 amide bonds. The van der Waals surface area contributed by atoms with E-state index < -0.39 is 0 Å². The van der Waals surface area contributed by atoms with Crippen molar-refractivity contribution in [3.05, 3.63) is 57.6 Å². The first kappa shape index (κ1) is 18.4. The molecule has 2 N–H and O–H groups in total. The van der Waals surface area contributed by atoms with E-state index >= 15 is 0 Å². The molecule has 136 valence electrons. The highest BCUT2D eigenvalue weighted by Crippen LogP contribution is 2.21. The Bertz CT molecular complexity index is 764. The summed E-state index contributed by atoms with van der Waals surface area (Å²) in [6.07, 6.45) is 3.20. The summed E-state index contributed by atoms with van der Waals surface area (Å²) in [7, 11) is 0. The monoisotopic (exact) mass is 392 g/mol. The van der Waals surface area contributed by atoms with Crippen LogP contribution >= 0.6 is 23.2 Å². The van der Waals surface area contributed by atoms with Crippen LogP contribution in [0.1, 0.15) is 11.1 Å². The van der Waals surface area contributed by atoms with Gasteiger partial charge in [0.15, 0.2) is 0 Å². The molecule has 0 radical (unpaired) electrons. The summed E-state index contributed by atoms with van der Waals surface area (Å²) in [6.45, 7) is 2.76. The summed E-state index contributed by atoms with van der Waals surface area (Å²) in [5, 5.41) is 33.3. The maximum absolute atomic E-state index is 9.80. The van der Waals surface area contributed by atoms with Crippen molar-refractivity contribution >= 4 is 35.6 Å². The number of hydrogen-bond donors (Lipinski definition) is 2. The molecule has 2 aromatic rings. The molecule has 26 heavy (non-hydrogen) atoms. The highest BCUT2D eigenvalue weighted by molar-refractivity contribution is 6.31. The molecular formula is C18H18Cl2N4O2. The minimum absolute atomic E-state index is 0.141. The third kappa shape index (κ3) is 4.80. The molecule has 0 aromatic heterocycles. The maximum atomic E-state index is 9.80. The summed E-state index contributed by atoms with van der Waals surface area (Å²) in [6, 6.07) is 9.67. The number of hydrogen-bond acceptors (Lipinski definition) is 6. The Kier molecular flexibility index (Phi) is 5.85. The number of aromatic hydroxyl groups is 2.